The van der Waals surface area contributed by atoms with Crippen LogP contribution in [-0.4, -0.2) is 55.0 Å². The highest BCUT2D eigenvalue weighted by Crippen LogP contribution is 2.17. The molecule has 19 heavy (non-hydrogen) atoms. The van der Waals surface area contributed by atoms with Crippen molar-refractivity contribution in [3.8, 4) is 0 Å². The van der Waals surface area contributed by atoms with Gasteiger partial charge in [-0.2, -0.15) is 0 Å². The highest BCUT2D eigenvalue weighted by atomic mass is 16.2. The van der Waals surface area contributed by atoms with Crippen molar-refractivity contribution in [3.63, 3.8) is 0 Å². The van der Waals surface area contributed by atoms with Gasteiger partial charge in [0, 0.05) is 32.6 Å². The van der Waals surface area contributed by atoms with Crippen molar-refractivity contribution in [1.82, 2.24) is 9.80 Å². The van der Waals surface area contributed by atoms with Crippen molar-refractivity contribution < 1.29 is 4.79 Å². The first-order valence-electron chi connectivity index (χ1n) is 7.76. The number of likely N-dealkylation sites (tertiary alicyclic amines) is 1. The summed E-state index contributed by atoms with van der Waals surface area (Å²) in [5, 5.41) is 0. The fourth-order valence-electron chi connectivity index (χ4n) is 2.71. The molecule has 1 unspecified atom stereocenters. The van der Waals surface area contributed by atoms with Crippen LogP contribution in [0.15, 0.2) is 0 Å². The zero-order valence-electron chi connectivity index (χ0n) is 12.9. The second-order valence-electron chi connectivity index (χ2n) is 5.96. The van der Waals surface area contributed by atoms with Crippen LogP contribution in [0.25, 0.3) is 0 Å². The van der Waals surface area contributed by atoms with E-state index in [9.17, 15) is 4.79 Å². The van der Waals surface area contributed by atoms with Crippen molar-refractivity contribution in [2.24, 2.45) is 11.7 Å². The van der Waals surface area contributed by atoms with E-state index in [1.807, 2.05) is 11.9 Å². The van der Waals surface area contributed by atoms with Gasteiger partial charge in [0.15, 0.2) is 0 Å². The molecule has 1 heterocycles. The first-order chi connectivity index (χ1) is 9.08. The van der Waals surface area contributed by atoms with Gasteiger partial charge in [0.1, 0.15) is 0 Å². The van der Waals surface area contributed by atoms with Gasteiger partial charge in [-0.1, -0.05) is 13.8 Å². The Morgan fingerprint density at radius 3 is 2.58 bits per heavy atom. The number of carbonyl (C=O) groups is 1. The number of rotatable bonds is 7. The molecule has 112 valence electrons. The summed E-state index contributed by atoms with van der Waals surface area (Å²) < 4.78 is 0. The van der Waals surface area contributed by atoms with E-state index in [1.54, 1.807) is 0 Å². The summed E-state index contributed by atoms with van der Waals surface area (Å²) in [6.07, 6.45) is 5.01. The lowest BCUT2D eigenvalue weighted by Gasteiger charge is -2.36. The maximum absolute atomic E-state index is 12.1. The number of amides is 1. The monoisotopic (exact) mass is 269 g/mol. The predicted octanol–water partition coefficient (Wildman–Crippen LogP) is 1.69. The minimum absolute atomic E-state index is 0.286. The van der Waals surface area contributed by atoms with Crippen LogP contribution in [0.5, 0.6) is 0 Å². The predicted molar refractivity (Wildman–Crippen MR) is 80.0 cm³/mol. The van der Waals surface area contributed by atoms with E-state index in [-0.39, 0.29) is 5.91 Å². The van der Waals surface area contributed by atoms with E-state index in [4.69, 9.17) is 5.73 Å². The average molecular weight is 269 g/mol. The molecule has 1 fully saturated rings. The summed E-state index contributed by atoms with van der Waals surface area (Å²) in [7, 11) is 1.97. The summed E-state index contributed by atoms with van der Waals surface area (Å²) in [5.41, 5.74) is 5.59. The SMILES string of the molecule is CCCN1CCC(N(C)C(=O)CCC(C)CN)CC1. The molecule has 1 amide bonds. The van der Waals surface area contributed by atoms with Crippen molar-refractivity contribution in [2.45, 2.75) is 52.0 Å². The van der Waals surface area contributed by atoms with Crippen LogP contribution in [0.3, 0.4) is 0 Å². The van der Waals surface area contributed by atoms with E-state index in [2.05, 4.69) is 18.7 Å². The Labute approximate surface area is 118 Å². The number of nitrogens with zero attached hydrogens (tertiary/aromatic N) is 2. The average Bonchev–Trinajstić information content (AvgIpc) is 2.44. The Morgan fingerprint density at radius 2 is 2.05 bits per heavy atom. The number of piperidine rings is 1. The lowest BCUT2D eigenvalue weighted by Crippen LogP contribution is -2.45. The summed E-state index contributed by atoms with van der Waals surface area (Å²) >= 11 is 0. The maximum Gasteiger partial charge on any atom is 0.222 e. The van der Waals surface area contributed by atoms with Gasteiger partial charge in [-0.25, -0.2) is 0 Å². The minimum atomic E-state index is 0.286. The minimum Gasteiger partial charge on any atom is -0.343 e. The van der Waals surface area contributed by atoms with Crippen LogP contribution in [-0.2, 0) is 4.79 Å². The van der Waals surface area contributed by atoms with Gasteiger partial charge in [0.2, 0.25) is 5.91 Å². The van der Waals surface area contributed by atoms with Crippen LogP contribution in [0.4, 0.5) is 0 Å². The van der Waals surface area contributed by atoms with Crippen molar-refractivity contribution in [1.29, 1.82) is 0 Å². The molecule has 4 heteroatoms. The zero-order chi connectivity index (χ0) is 14.3. The highest BCUT2D eigenvalue weighted by molar-refractivity contribution is 5.76. The molecule has 0 aromatic carbocycles. The van der Waals surface area contributed by atoms with Gasteiger partial charge in [-0.3, -0.25) is 4.79 Å². The molecule has 0 spiro atoms. The van der Waals surface area contributed by atoms with E-state index in [0.29, 0.717) is 24.9 Å². The molecule has 1 atom stereocenters. The maximum atomic E-state index is 12.1. The molecular weight excluding hydrogens is 238 g/mol. The summed E-state index contributed by atoms with van der Waals surface area (Å²) in [6, 6.07) is 0.439. The first-order valence-corrected chi connectivity index (χ1v) is 7.76. The molecule has 0 aliphatic carbocycles. The molecule has 0 bridgehead atoms. The van der Waals surface area contributed by atoms with Gasteiger partial charge in [-0.05, 0) is 44.7 Å². The lowest BCUT2D eigenvalue weighted by molar-refractivity contribution is -0.133. The Morgan fingerprint density at radius 1 is 1.42 bits per heavy atom. The second-order valence-corrected chi connectivity index (χ2v) is 5.96. The molecular formula is C15H31N3O. The topological polar surface area (TPSA) is 49.6 Å². The Balaban J connectivity index is 2.29. The third kappa shape index (κ3) is 5.49. The summed E-state index contributed by atoms with van der Waals surface area (Å²) in [5.74, 6) is 0.734. The smallest absolute Gasteiger partial charge is 0.222 e. The molecule has 0 saturated carbocycles. The number of carbonyl (C=O) groups excluding carboxylic acids is 1. The lowest BCUT2D eigenvalue weighted by atomic mass is 10.0. The molecule has 1 saturated heterocycles. The Kier molecular flexibility index (Phi) is 7.39. The molecule has 1 aliphatic heterocycles. The van der Waals surface area contributed by atoms with Gasteiger partial charge in [0.25, 0.3) is 0 Å². The van der Waals surface area contributed by atoms with Crippen LogP contribution >= 0.6 is 0 Å². The van der Waals surface area contributed by atoms with Gasteiger partial charge in [0.05, 0.1) is 0 Å². The van der Waals surface area contributed by atoms with Gasteiger partial charge < -0.3 is 15.5 Å². The Hall–Kier alpha value is -0.610. The van der Waals surface area contributed by atoms with E-state index >= 15 is 0 Å². The third-order valence-electron chi connectivity index (χ3n) is 4.29. The fourth-order valence-corrected chi connectivity index (χ4v) is 2.71. The van der Waals surface area contributed by atoms with E-state index in [1.165, 1.54) is 13.0 Å². The van der Waals surface area contributed by atoms with Crippen molar-refractivity contribution >= 4 is 5.91 Å². The van der Waals surface area contributed by atoms with Gasteiger partial charge in [-0.15, -0.1) is 0 Å². The van der Waals surface area contributed by atoms with Gasteiger partial charge >= 0.3 is 0 Å². The van der Waals surface area contributed by atoms with Crippen LogP contribution in [0.2, 0.25) is 0 Å². The third-order valence-corrected chi connectivity index (χ3v) is 4.29. The molecule has 1 rings (SSSR count). The van der Waals surface area contributed by atoms with E-state index in [0.717, 1.165) is 32.4 Å². The standard InChI is InChI=1S/C15H31N3O/c1-4-9-18-10-7-14(8-11-18)17(3)15(19)6-5-13(2)12-16/h13-14H,4-12,16H2,1-3H3. The second kappa shape index (κ2) is 8.54. The quantitative estimate of drug-likeness (QED) is 0.765. The summed E-state index contributed by atoms with van der Waals surface area (Å²) in [6.45, 7) is 8.46. The van der Waals surface area contributed by atoms with Crippen LogP contribution in [0.1, 0.15) is 46.0 Å². The number of nitrogens with two attached hydrogens (primary N) is 1. The highest BCUT2D eigenvalue weighted by Gasteiger charge is 2.24. The van der Waals surface area contributed by atoms with E-state index < -0.39 is 0 Å². The van der Waals surface area contributed by atoms with Crippen molar-refractivity contribution in [3.05, 3.63) is 0 Å². The Bertz CT molecular complexity index is 262. The largest absolute Gasteiger partial charge is 0.343 e. The molecule has 0 aromatic rings. The van der Waals surface area contributed by atoms with Crippen LogP contribution in [0, 0.1) is 5.92 Å². The fraction of sp³-hybridized carbons (Fsp3) is 0.933. The molecule has 1 aliphatic rings. The number of hydrogen-bond acceptors (Lipinski definition) is 3. The molecule has 4 nitrogen and oxygen atoms in total. The van der Waals surface area contributed by atoms with Crippen LogP contribution < -0.4 is 5.73 Å². The normalized spacial score (nSPS) is 19.4. The van der Waals surface area contributed by atoms with Crippen molar-refractivity contribution in [2.75, 3.05) is 33.2 Å². The zero-order valence-corrected chi connectivity index (χ0v) is 12.9. The summed E-state index contributed by atoms with van der Waals surface area (Å²) in [4.78, 5) is 16.6. The first kappa shape index (κ1) is 16.4. The molecule has 2 N–H and O–H groups in total. The molecule has 0 radical (unpaired) electrons. The number of hydrogen-bond donors (Lipinski definition) is 1. The molecule has 0 aromatic heterocycles.